The van der Waals surface area contributed by atoms with Crippen molar-refractivity contribution in [1.29, 1.82) is 0 Å². The molecule has 0 fully saturated rings. The first-order valence-corrected chi connectivity index (χ1v) is 7.53. The van der Waals surface area contributed by atoms with E-state index in [0.717, 1.165) is 17.7 Å². The van der Waals surface area contributed by atoms with Crippen LogP contribution in [0.25, 0.3) is 0 Å². The first kappa shape index (κ1) is 14.5. The van der Waals surface area contributed by atoms with E-state index in [1.807, 2.05) is 11.6 Å². The standard InChI is InChI=1S/C14H13F2NO2S/c1-10-5-7-11(8-6-10)9-20(18,19)17-14-12(15)3-2-4-13(14)16/h2-8,17H,9H2,1H3. The Morgan fingerprint density at radius 1 is 1.00 bits per heavy atom. The molecule has 1 N–H and O–H groups in total. The maximum absolute atomic E-state index is 13.4. The number of nitrogens with one attached hydrogen (secondary N) is 1. The molecule has 0 aromatic heterocycles. The summed E-state index contributed by atoms with van der Waals surface area (Å²) in [4.78, 5) is 0. The molecule has 0 aliphatic carbocycles. The van der Waals surface area contributed by atoms with Crippen LogP contribution in [0.4, 0.5) is 14.5 Å². The van der Waals surface area contributed by atoms with Crippen LogP contribution in [0.3, 0.4) is 0 Å². The van der Waals surface area contributed by atoms with E-state index in [4.69, 9.17) is 0 Å². The normalized spacial score (nSPS) is 11.3. The lowest BCUT2D eigenvalue weighted by molar-refractivity contribution is 0.582. The summed E-state index contributed by atoms with van der Waals surface area (Å²) < 4.78 is 52.6. The second kappa shape index (κ2) is 5.58. The minimum absolute atomic E-state index is 0.346. The molecule has 0 unspecified atom stereocenters. The Kier molecular flexibility index (Phi) is 4.04. The van der Waals surface area contributed by atoms with Crippen molar-refractivity contribution in [2.75, 3.05) is 4.72 Å². The maximum Gasteiger partial charge on any atom is 0.237 e. The molecule has 0 atom stereocenters. The van der Waals surface area contributed by atoms with Crippen LogP contribution in [0.2, 0.25) is 0 Å². The predicted molar refractivity (Wildman–Crippen MR) is 73.8 cm³/mol. The Balaban J connectivity index is 2.21. The molecule has 0 saturated carbocycles. The van der Waals surface area contributed by atoms with Crippen LogP contribution in [-0.2, 0) is 15.8 Å². The number of para-hydroxylation sites is 1. The number of aryl methyl sites for hydroxylation is 1. The van der Waals surface area contributed by atoms with Crippen molar-refractivity contribution in [1.82, 2.24) is 0 Å². The van der Waals surface area contributed by atoms with Crippen molar-refractivity contribution in [3.63, 3.8) is 0 Å². The topological polar surface area (TPSA) is 46.2 Å². The molecule has 0 bridgehead atoms. The third kappa shape index (κ3) is 3.54. The van der Waals surface area contributed by atoms with E-state index < -0.39 is 27.3 Å². The number of hydrogen-bond acceptors (Lipinski definition) is 2. The number of rotatable bonds is 4. The van der Waals surface area contributed by atoms with E-state index in [9.17, 15) is 17.2 Å². The fraction of sp³-hybridized carbons (Fsp3) is 0.143. The van der Waals surface area contributed by atoms with Crippen molar-refractivity contribution < 1.29 is 17.2 Å². The zero-order chi connectivity index (χ0) is 14.8. The highest BCUT2D eigenvalue weighted by atomic mass is 32.2. The molecule has 0 spiro atoms. The van der Waals surface area contributed by atoms with Crippen molar-refractivity contribution in [3.05, 3.63) is 65.2 Å². The Morgan fingerprint density at radius 2 is 1.55 bits per heavy atom. The Morgan fingerprint density at radius 3 is 2.10 bits per heavy atom. The number of halogens is 2. The molecule has 20 heavy (non-hydrogen) atoms. The van der Waals surface area contributed by atoms with Crippen LogP contribution in [-0.4, -0.2) is 8.42 Å². The van der Waals surface area contributed by atoms with E-state index >= 15 is 0 Å². The molecule has 0 heterocycles. The molecule has 2 aromatic rings. The molecule has 106 valence electrons. The van der Waals surface area contributed by atoms with Gasteiger partial charge in [0, 0.05) is 0 Å². The second-order valence-corrected chi connectivity index (χ2v) is 6.17. The lowest BCUT2D eigenvalue weighted by Gasteiger charge is -2.10. The molecule has 2 rings (SSSR count). The van der Waals surface area contributed by atoms with Gasteiger partial charge in [-0.05, 0) is 24.6 Å². The van der Waals surface area contributed by atoms with Crippen LogP contribution in [0.15, 0.2) is 42.5 Å². The lowest BCUT2D eigenvalue weighted by atomic mass is 10.2. The van der Waals surface area contributed by atoms with Crippen LogP contribution in [0.1, 0.15) is 11.1 Å². The van der Waals surface area contributed by atoms with Crippen LogP contribution < -0.4 is 4.72 Å². The average Bonchev–Trinajstić information content (AvgIpc) is 2.37. The monoisotopic (exact) mass is 297 g/mol. The maximum atomic E-state index is 13.4. The van der Waals surface area contributed by atoms with Crippen LogP contribution in [0, 0.1) is 18.6 Å². The van der Waals surface area contributed by atoms with Gasteiger partial charge in [-0.25, -0.2) is 17.2 Å². The number of sulfonamides is 1. The zero-order valence-electron chi connectivity index (χ0n) is 10.7. The SMILES string of the molecule is Cc1ccc(CS(=O)(=O)Nc2c(F)cccc2F)cc1. The summed E-state index contributed by atoms with van der Waals surface area (Å²) in [6.45, 7) is 1.88. The zero-order valence-corrected chi connectivity index (χ0v) is 11.5. The van der Waals surface area contributed by atoms with E-state index in [1.54, 1.807) is 24.3 Å². The Hall–Kier alpha value is -1.95. The summed E-state index contributed by atoms with van der Waals surface area (Å²) in [5.74, 6) is -2.24. The van der Waals surface area contributed by atoms with Gasteiger partial charge in [0.15, 0.2) is 0 Å². The molecule has 3 nitrogen and oxygen atoms in total. The quantitative estimate of drug-likeness (QED) is 0.942. The van der Waals surface area contributed by atoms with Gasteiger partial charge in [0.2, 0.25) is 10.0 Å². The lowest BCUT2D eigenvalue weighted by Crippen LogP contribution is -2.17. The fourth-order valence-corrected chi connectivity index (χ4v) is 2.90. The minimum atomic E-state index is -3.88. The van der Waals surface area contributed by atoms with Crippen molar-refractivity contribution in [3.8, 4) is 0 Å². The highest BCUT2D eigenvalue weighted by Crippen LogP contribution is 2.20. The third-order valence-corrected chi connectivity index (χ3v) is 3.93. The van der Waals surface area contributed by atoms with Crippen molar-refractivity contribution in [2.24, 2.45) is 0 Å². The Bertz CT molecular complexity index is 692. The Labute approximate surface area is 116 Å². The summed E-state index contributed by atoms with van der Waals surface area (Å²) >= 11 is 0. The molecule has 0 amide bonds. The van der Waals surface area contributed by atoms with Crippen molar-refractivity contribution in [2.45, 2.75) is 12.7 Å². The van der Waals surface area contributed by atoms with Gasteiger partial charge in [-0.1, -0.05) is 35.9 Å². The minimum Gasteiger partial charge on any atom is -0.278 e. The summed E-state index contributed by atoms with van der Waals surface area (Å²) in [5.41, 5.74) is 0.888. The third-order valence-electron chi connectivity index (χ3n) is 2.70. The van der Waals surface area contributed by atoms with Gasteiger partial charge >= 0.3 is 0 Å². The smallest absolute Gasteiger partial charge is 0.237 e. The largest absolute Gasteiger partial charge is 0.278 e. The summed E-state index contributed by atoms with van der Waals surface area (Å²) in [6.07, 6.45) is 0. The second-order valence-electron chi connectivity index (χ2n) is 4.44. The molecule has 0 aliphatic heterocycles. The molecule has 2 aromatic carbocycles. The first-order valence-electron chi connectivity index (χ1n) is 5.87. The number of hydrogen-bond donors (Lipinski definition) is 1. The summed E-state index contributed by atoms with van der Waals surface area (Å²) in [5, 5.41) is 0. The van der Waals surface area contributed by atoms with Gasteiger partial charge in [-0.2, -0.15) is 0 Å². The van der Waals surface area contributed by atoms with Gasteiger partial charge in [-0.3, -0.25) is 4.72 Å². The highest BCUT2D eigenvalue weighted by molar-refractivity contribution is 7.91. The van der Waals surface area contributed by atoms with E-state index in [2.05, 4.69) is 0 Å². The van der Waals surface area contributed by atoms with Gasteiger partial charge < -0.3 is 0 Å². The first-order chi connectivity index (χ1) is 9.37. The van der Waals surface area contributed by atoms with Gasteiger partial charge in [0.1, 0.15) is 17.3 Å². The number of anilines is 1. The summed E-state index contributed by atoms with van der Waals surface area (Å²) in [7, 11) is -3.88. The molecule has 0 aliphatic rings. The van der Waals surface area contributed by atoms with Gasteiger partial charge in [-0.15, -0.1) is 0 Å². The highest BCUT2D eigenvalue weighted by Gasteiger charge is 2.17. The molecule has 0 saturated heterocycles. The van der Waals surface area contributed by atoms with E-state index in [-0.39, 0.29) is 5.75 Å². The summed E-state index contributed by atoms with van der Waals surface area (Å²) in [6, 6.07) is 10.0. The molecule has 6 heteroatoms. The van der Waals surface area contributed by atoms with Crippen LogP contribution in [0.5, 0.6) is 0 Å². The fourth-order valence-electron chi connectivity index (χ4n) is 1.69. The average molecular weight is 297 g/mol. The van der Waals surface area contributed by atoms with Crippen LogP contribution >= 0.6 is 0 Å². The number of benzene rings is 2. The van der Waals surface area contributed by atoms with Crippen molar-refractivity contribution >= 4 is 15.7 Å². The van der Waals surface area contributed by atoms with E-state index in [0.29, 0.717) is 5.56 Å². The molecular formula is C14H13F2NO2S. The van der Waals surface area contributed by atoms with Gasteiger partial charge in [0.25, 0.3) is 0 Å². The van der Waals surface area contributed by atoms with Gasteiger partial charge in [0.05, 0.1) is 5.75 Å². The molecular weight excluding hydrogens is 284 g/mol. The van der Waals surface area contributed by atoms with E-state index in [1.165, 1.54) is 6.07 Å². The molecule has 0 radical (unpaired) electrons. The predicted octanol–water partition coefficient (Wildman–Crippen LogP) is 3.22.